The highest BCUT2D eigenvalue weighted by Gasteiger charge is 2.47. The van der Waals surface area contributed by atoms with Gasteiger partial charge < -0.3 is 8.85 Å². The van der Waals surface area contributed by atoms with Crippen LogP contribution in [0.25, 0.3) is 11.5 Å². The van der Waals surface area contributed by atoms with Crippen molar-refractivity contribution in [2.24, 2.45) is 0 Å². The summed E-state index contributed by atoms with van der Waals surface area (Å²) >= 11 is 12.2. The van der Waals surface area contributed by atoms with E-state index in [0.717, 1.165) is 11.1 Å². The molecule has 0 radical (unpaired) electrons. The third-order valence-electron chi connectivity index (χ3n) is 2.72. The van der Waals surface area contributed by atoms with Gasteiger partial charge in [-0.05, 0) is 0 Å². The molecule has 1 aliphatic heterocycles. The van der Waals surface area contributed by atoms with Crippen LogP contribution in [0.2, 0.25) is 0 Å². The molecule has 1 heterocycles. The second-order valence-electron chi connectivity index (χ2n) is 4.06. The van der Waals surface area contributed by atoms with E-state index >= 15 is 0 Å². The Bertz CT molecular complexity index is 558. The molecule has 0 bridgehead atoms. The van der Waals surface area contributed by atoms with Crippen LogP contribution in [-0.2, 0) is 8.85 Å². The molecule has 19 heavy (non-hydrogen) atoms. The van der Waals surface area contributed by atoms with Gasteiger partial charge in [0, 0.05) is 11.1 Å². The van der Waals surface area contributed by atoms with Crippen molar-refractivity contribution in [2.45, 2.75) is 0 Å². The molecule has 5 heteroatoms. The lowest BCUT2D eigenvalue weighted by Crippen LogP contribution is -2.21. The number of rotatable bonds is 2. The topological polar surface area (TPSA) is 18.5 Å². The van der Waals surface area contributed by atoms with Crippen LogP contribution in [0.4, 0.5) is 0 Å². The standard InChI is InChI=1S/C14H10Cl2O2Si/c15-19(16)17-13(11-7-3-1-4-8-11)14(18-19)12-9-5-2-6-10-12/h1-10H. The first kappa shape index (κ1) is 12.6. The van der Waals surface area contributed by atoms with Crippen molar-refractivity contribution in [1.29, 1.82) is 0 Å². The Balaban J connectivity index is 2.11. The first-order valence-corrected chi connectivity index (χ1v) is 9.61. The molecule has 2 aromatic carbocycles. The molecule has 0 spiro atoms. The molecule has 0 saturated carbocycles. The third-order valence-corrected chi connectivity index (χ3v) is 4.53. The monoisotopic (exact) mass is 308 g/mol. The van der Waals surface area contributed by atoms with Crippen molar-refractivity contribution in [1.82, 2.24) is 0 Å². The van der Waals surface area contributed by atoms with Gasteiger partial charge in [-0.15, -0.1) is 0 Å². The Morgan fingerprint density at radius 3 is 1.37 bits per heavy atom. The van der Waals surface area contributed by atoms with Crippen LogP contribution >= 0.6 is 22.2 Å². The van der Waals surface area contributed by atoms with E-state index in [2.05, 4.69) is 0 Å². The first-order chi connectivity index (χ1) is 9.16. The SMILES string of the molecule is Cl[Si]1(Cl)OC(c2ccccc2)=C(c2ccccc2)O1. The van der Waals surface area contributed by atoms with Crippen LogP contribution < -0.4 is 0 Å². The zero-order valence-corrected chi connectivity index (χ0v) is 12.4. The molecule has 0 unspecified atom stereocenters. The molecule has 0 fully saturated rings. The average Bonchev–Trinajstić information content (AvgIpc) is 2.77. The predicted octanol–water partition coefficient (Wildman–Crippen LogP) is 4.47. The summed E-state index contributed by atoms with van der Waals surface area (Å²) in [6.45, 7) is 0. The van der Waals surface area contributed by atoms with Crippen molar-refractivity contribution in [3.05, 3.63) is 71.8 Å². The van der Waals surface area contributed by atoms with Crippen molar-refractivity contribution in [2.75, 3.05) is 0 Å². The second kappa shape index (κ2) is 4.93. The van der Waals surface area contributed by atoms with Gasteiger partial charge in [0.05, 0.1) is 0 Å². The predicted molar refractivity (Wildman–Crippen MR) is 79.3 cm³/mol. The largest absolute Gasteiger partial charge is 0.681 e. The van der Waals surface area contributed by atoms with Crippen LogP contribution in [0.1, 0.15) is 11.1 Å². The van der Waals surface area contributed by atoms with Gasteiger partial charge in [0.15, 0.2) is 11.5 Å². The zero-order valence-electron chi connectivity index (χ0n) is 9.85. The van der Waals surface area contributed by atoms with Gasteiger partial charge in [0.2, 0.25) is 0 Å². The summed E-state index contributed by atoms with van der Waals surface area (Å²) in [4.78, 5) is 0. The first-order valence-electron chi connectivity index (χ1n) is 5.77. The van der Waals surface area contributed by atoms with Gasteiger partial charge in [-0.1, -0.05) is 82.8 Å². The minimum Gasteiger partial charge on any atom is -0.486 e. The molecule has 96 valence electrons. The summed E-state index contributed by atoms with van der Waals surface area (Å²) in [6, 6.07) is 19.3. The molecule has 3 rings (SSSR count). The molecule has 1 aliphatic rings. The van der Waals surface area contributed by atoms with E-state index < -0.39 is 7.18 Å². The molecule has 0 aromatic heterocycles. The van der Waals surface area contributed by atoms with Crippen molar-refractivity contribution in [3.63, 3.8) is 0 Å². The molecule has 0 N–H and O–H groups in total. The maximum atomic E-state index is 6.08. The fraction of sp³-hybridized carbons (Fsp3) is 0. The van der Waals surface area contributed by atoms with Crippen molar-refractivity contribution in [3.8, 4) is 0 Å². The number of hydrogen-bond donors (Lipinski definition) is 0. The summed E-state index contributed by atoms with van der Waals surface area (Å²) in [5.74, 6) is 1.20. The molecule has 2 aromatic rings. The quantitative estimate of drug-likeness (QED) is 0.602. The van der Waals surface area contributed by atoms with Crippen molar-refractivity contribution < 1.29 is 8.85 Å². The summed E-state index contributed by atoms with van der Waals surface area (Å²) in [5.41, 5.74) is 1.80. The van der Waals surface area contributed by atoms with Gasteiger partial charge in [-0.2, -0.15) is 0 Å². The normalized spacial score (nSPS) is 16.9. The van der Waals surface area contributed by atoms with Gasteiger partial charge >= 0.3 is 7.18 Å². The Morgan fingerprint density at radius 1 is 0.632 bits per heavy atom. The molecular weight excluding hydrogens is 299 g/mol. The van der Waals surface area contributed by atoms with Crippen LogP contribution in [-0.4, -0.2) is 7.18 Å². The van der Waals surface area contributed by atoms with Gasteiger partial charge in [0.25, 0.3) is 0 Å². The van der Waals surface area contributed by atoms with Gasteiger partial charge in [-0.25, -0.2) is 0 Å². The molecular formula is C14H10Cl2O2Si. The fourth-order valence-electron chi connectivity index (χ4n) is 1.91. The Hall–Kier alpha value is -1.42. The highest BCUT2D eigenvalue weighted by molar-refractivity contribution is 7.40. The summed E-state index contributed by atoms with van der Waals surface area (Å²) in [5, 5.41) is 0. The van der Waals surface area contributed by atoms with E-state index in [0.29, 0.717) is 11.5 Å². The lowest BCUT2D eigenvalue weighted by molar-refractivity contribution is 0.442. The van der Waals surface area contributed by atoms with E-state index in [1.165, 1.54) is 0 Å². The second-order valence-corrected chi connectivity index (χ2v) is 8.96. The minimum atomic E-state index is -3.16. The van der Waals surface area contributed by atoms with Crippen LogP contribution in [0.5, 0.6) is 0 Å². The highest BCUT2D eigenvalue weighted by Crippen LogP contribution is 2.42. The fourth-order valence-corrected chi connectivity index (χ4v) is 3.77. The average molecular weight is 309 g/mol. The number of halogens is 2. The highest BCUT2D eigenvalue weighted by atomic mass is 35.7. The van der Waals surface area contributed by atoms with E-state index in [1.807, 2.05) is 60.7 Å². The molecule has 0 saturated heterocycles. The Labute approximate surface area is 121 Å². The lowest BCUT2D eigenvalue weighted by atomic mass is 10.1. The number of benzene rings is 2. The van der Waals surface area contributed by atoms with E-state index in [4.69, 9.17) is 31.0 Å². The summed E-state index contributed by atoms with van der Waals surface area (Å²) in [7, 11) is -3.16. The maximum absolute atomic E-state index is 6.08. The van der Waals surface area contributed by atoms with Crippen LogP contribution in [0.15, 0.2) is 60.7 Å². The smallest absolute Gasteiger partial charge is 0.486 e. The third kappa shape index (κ3) is 2.63. The molecule has 2 nitrogen and oxygen atoms in total. The summed E-state index contributed by atoms with van der Waals surface area (Å²) < 4.78 is 11.3. The lowest BCUT2D eigenvalue weighted by Gasteiger charge is -2.08. The Kier molecular flexibility index (Phi) is 3.27. The maximum Gasteiger partial charge on any atom is 0.681 e. The van der Waals surface area contributed by atoms with E-state index in [9.17, 15) is 0 Å². The van der Waals surface area contributed by atoms with E-state index in [1.54, 1.807) is 0 Å². The van der Waals surface area contributed by atoms with Gasteiger partial charge in [-0.3, -0.25) is 0 Å². The Morgan fingerprint density at radius 2 is 1.00 bits per heavy atom. The van der Waals surface area contributed by atoms with Crippen molar-refractivity contribution >= 4 is 40.9 Å². The van der Waals surface area contributed by atoms with E-state index in [-0.39, 0.29) is 0 Å². The van der Waals surface area contributed by atoms with Crippen LogP contribution in [0, 0.1) is 0 Å². The number of hydrogen-bond acceptors (Lipinski definition) is 2. The molecule has 0 atom stereocenters. The van der Waals surface area contributed by atoms with Gasteiger partial charge in [0.1, 0.15) is 0 Å². The summed E-state index contributed by atoms with van der Waals surface area (Å²) in [6.07, 6.45) is 0. The molecule has 0 aliphatic carbocycles. The molecule has 0 amide bonds. The van der Waals surface area contributed by atoms with Crippen LogP contribution in [0.3, 0.4) is 0 Å². The zero-order chi connectivity index (χ0) is 13.3. The minimum absolute atomic E-state index is 0.600.